The van der Waals surface area contributed by atoms with Crippen LogP contribution in [-0.4, -0.2) is 28.1 Å². The number of pyridine rings is 1. The zero-order valence-electron chi connectivity index (χ0n) is 20.6. The number of phenolic OH excluding ortho intramolecular Hbond substituents is 1. The van der Waals surface area contributed by atoms with Crippen LogP contribution >= 0.6 is 0 Å². The first-order chi connectivity index (χ1) is 16.1. The summed E-state index contributed by atoms with van der Waals surface area (Å²) in [7, 11) is -1.95. The van der Waals surface area contributed by atoms with Crippen molar-refractivity contribution < 1.29 is 5.11 Å². The number of nitrogens with zero attached hydrogens (tertiary/aromatic N) is 2. The molecule has 34 heavy (non-hydrogen) atoms. The SMILES string of the molecule is CC(C)[Si](C#Cc1nccc2cc(O)cc(-c3ccc4c(=O)[nH]cnc4c3)c12)(C(C)C)C(C)C. The van der Waals surface area contributed by atoms with Crippen molar-refractivity contribution in [3.05, 3.63) is 65.0 Å². The number of H-pyrrole nitrogens is 1. The van der Waals surface area contributed by atoms with Crippen molar-refractivity contribution in [2.45, 2.75) is 58.2 Å². The number of phenols is 1. The molecule has 0 aliphatic rings. The number of fused-ring (bicyclic) bond motifs is 2. The van der Waals surface area contributed by atoms with Crippen LogP contribution in [0.15, 0.2) is 53.7 Å². The summed E-state index contributed by atoms with van der Waals surface area (Å²) >= 11 is 0. The van der Waals surface area contributed by atoms with Crippen LogP contribution in [0.5, 0.6) is 5.75 Å². The number of rotatable bonds is 4. The lowest BCUT2D eigenvalue weighted by molar-refractivity contribution is 0.476. The molecule has 2 aromatic carbocycles. The summed E-state index contributed by atoms with van der Waals surface area (Å²) in [5.74, 6) is 3.67. The maximum atomic E-state index is 12.1. The summed E-state index contributed by atoms with van der Waals surface area (Å²) in [6.45, 7) is 13.8. The Morgan fingerprint density at radius 1 is 0.941 bits per heavy atom. The average Bonchev–Trinajstić information content (AvgIpc) is 2.78. The maximum absolute atomic E-state index is 12.1. The minimum Gasteiger partial charge on any atom is -0.508 e. The van der Waals surface area contributed by atoms with Crippen LogP contribution in [0.1, 0.15) is 47.2 Å². The zero-order valence-corrected chi connectivity index (χ0v) is 21.6. The van der Waals surface area contributed by atoms with E-state index in [1.165, 1.54) is 6.33 Å². The second kappa shape index (κ2) is 9.07. The van der Waals surface area contributed by atoms with Crippen molar-refractivity contribution in [2.75, 3.05) is 0 Å². The van der Waals surface area contributed by atoms with E-state index in [0.29, 0.717) is 33.2 Å². The van der Waals surface area contributed by atoms with Gasteiger partial charge >= 0.3 is 0 Å². The van der Waals surface area contributed by atoms with Gasteiger partial charge in [0.05, 0.1) is 17.2 Å². The van der Waals surface area contributed by atoms with E-state index in [9.17, 15) is 9.90 Å². The van der Waals surface area contributed by atoms with Crippen molar-refractivity contribution in [3.8, 4) is 28.3 Å². The normalized spacial score (nSPS) is 12.0. The molecule has 0 aliphatic carbocycles. The minimum absolute atomic E-state index is 0.168. The third-order valence-electron chi connectivity index (χ3n) is 7.06. The van der Waals surface area contributed by atoms with Gasteiger partial charge in [-0.3, -0.25) is 4.79 Å². The molecule has 0 atom stereocenters. The van der Waals surface area contributed by atoms with Crippen molar-refractivity contribution in [1.82, 2.24) is 15.0 Å². The van der Waals surface area contributed by atoms with Crippen molar-refractivity contribution in [3.63, 3.8) is 0 Å². The molecule has 0 saturated heterocycles. The molecular weight excluding hydrogens is 438 g/mol. The van der Waals surface area contributed by atoms with Gasteiger partial charge in [0, 0.05) is 11.6 Å². The average molecular weight is 470 g/mol. The van der Waals surface area contributed by atoms with E-state index in [1.54, 1.807) is 24.4 Å². The van der Waals surface area contributed by atoms with Gasteiger partial charge in [-0.05, 0) is 63.5 Å². The maximum Gasteiger partial charge on any atom is 0.258 e. The monoisotopic (exact) mass is 469 g/mol. The van der Waals surface area contributed by atoms with Crippen LogP contribution in [0.25, 0.3) is 32.8 Å². The third kappa shape index (κ3) is 4.01. The van der Waals surface area contributed by atoms with E-state index >= 15 is 0 Å². The van der Waals surface area contributed by atoms with Crippen LogP contribution in [0.3, 0.4) is 0 Å². The van der Waals surface area contributed by atoms with Crippen LogP contribution in [0, 0.1) is 11.5 Å². The molecule has 0 saturated carbocycles. The summed E-state index contributed by atoms with van der Waals surface area (Å²) in [4.78, 5) is 23.7. The Morgan fingerprint density at radius 2 is 1.65 bits per heavy atom. The summed E-state index contributed by atoms with van der Waals surface area (Å²) < 4.78 is 0. The lowest BCUT2D eigenvalue weighted by Gasteiger charge is -2.38. The van der Waals surface area contributed by atoms with Gasteiger partial charge in [-0.25, -0.2) is 9.97 Å². The number of aromatic amines is 1. The Labute approximate surface area is 201 Å². The fourth-order valence-corrected chi connectivity index (χ4v) is 10.7. The minimum atomic E-state index is -1.95. The zero-order chi connectivity index (χ0) is 24.6. The Kier molecular flexibility index (Phi) is 6.33. The fourth-order valence-electron chi connectivity index (χ4n) is 5.46. The molecule has 0 radical (unpaired) electrons. The van der Waals surface area contributed by atoms with Crippen LogP contribution in [0.4, 0.5) is 0 Å². The standard InChI is InChI=1S/C28H31N3O2Si/c1-17(2)34(18(3)4,19(5)6)12-10-25-27-21(9-11-29-25)13-22(32)15-24(27)20-7-8-23-26(14-20)30-16-31-28(23)33/h7-9,11,13-19,32H,1-6H3,(H,30,31,33). The Bertz CT molecular complexity index is 1470. The lowest BCUT2D eigenvalue weighted by atomic mass is 9.96. The van der Waals surface area contributed by atoms with E-state index in [2.05, 4.69) is 68.0 Å². The number of hydrogen-bond acceptors (Lipinski definition) is 4. The third-order valence-corrected chi connectivity index (χ3v) is 13.4. The van der Waals surface area contributed by atoms with Crippen LogP contribution in [-0.2, 0) is 0 Å². The van der Waals surface area contributed by atoms with Gasteiger partial charge in [0.1, 0.15) is 19.5 Å². The van der Waals surface area contributed by atoms with Gasteiger partial charge in [-0.1, -0.05) is 53.5 Å². The van der Waals surface area contributed by atoms with Gasteiger partial charge in [0.2, 0.25) is 0 Å². The first kappa shape index (κ1) is 23.7. The van der Waals surface area contributed by atoms with E-state index < -0.39 is 8.07 Å². The topological polar surface area (TPSA) is 78.9 Å². The summed E-state index contributed by atoms with van der Waals surface area (Å²) in [5.41, 5.74) is 8.13. The first-order valence-electron chi connectivity index (χ1n) is 11.8. The number of hydrogen-bond donors (Lipinski definition) is 2. The molecule has 4 aromatic rings. The van der Waals surface area contributed by atoms with Gasteiger partial charge in [-0.2, -0.15) is 0 Å². The number of benzene rings is 2. The van der Waals surface area contributed by atoms with Gasteiger partial charge in [-0.15, -0.1) is 5.54 Å². The molecule has 2 heterocycles. The summed E-state index contributed by atoms with van der Waals surface area (Å²) in [6, 6.07) is 10.9. The molecule has 2 N–H and O–H groups in total. The first-order valence-corrected chi connectivity index (χ1v) is 14.0. The van der Waals surface area contributed by atoms with Crippen molar-refractivity contribution in [1.29, 1.82) is 0 Å². The lowest BCUT2D eigenvalue weighted by Crippen LogP contribution is -2.43. The Balaban J connectivity index is 1.99. The molecule has 0 fully saturated rings. The molecule has 174 valence electrons. The van der Waals surface area contributed by atoms with Gasteiger partial charge in [0.25, 0.3) is 5.56 Å². The highest BCUT2D eigenvalue weighted by Gasteiger charge is 2.41. The molecule has 6 heteroatoms. The van der Waals surface area contributed by atoms with Crippen molar-refractivity contribution >= 4 is 29.7 Å². The number of aromatic hydroxyl groups is 1. The molecule has 0 aliphatic heterocycles. The van der Waals surface area contributed by atoms with Gasteiger partial charge in [0.15, 0.2) is 0 Å². The number of aromatic nitrogens is 3. The molecule has 0 unspecified atom stereocenters. The second-order valence-electron chi connectivity index (χ2n) is 9.86. The highest BCUT2D eigenvalue weighted by molar-refractivity contribution is 6.90. The van der Waals surface area contributed by atoms with E-state index in [4.69, 9.17) is 0 Å². The van der Waals surface area contributed by atoms with Crippen LogP contribution in [0.2, 0.25) is 16.6 Å². The summed E-state index contributed by atoms with van der Waals surface area (Å²) in [5, 5.41) is 12.8. The highest BCUT2D eigenvalue weighted by atomic mass is 28.3. The second-order valence-corrected chi connectivity index (χ2v) is 15.4. The largest absolute Gasteiger partial charge is 0.508 e. The molecule has 2 aromatic heterocycles. The summed E-state index contributed by atoms with van der Waals surface area (Å²) in [6.07, 6.45) is 3.15. The Hall–Kier alpha value is -3.43. The Morgan fingerprint density at radius 3 is 2.32 bits per heavy atom. The van der Waals surface area contributed by atoms with Crippen molar-refractivity contribution in [2.24, 2.45) is 0 Å². The van der Waals surface area contributed by atoms with Crippen LogP contribution < -0.4 is 5.56 Å². The molecule has 5 nitrogen and oxygen atoms in total. The molecule has 0 spiro atoms. The van der Waals surface area contributed by atoms with E-state index in [1.807, 2.05) is 18.2 Å². The van der Waals surface area contributed by atoms with E-state index in [-0.39, 0.29) is 11.3 Å². The van der Waals surface area contributed by atoms with Gasteiger partial charge < -0.3 is 10.1 Å². The molecule has 0 amide bonds. The predicted molar refractivity (Wildman–Crippen MR) is 143 cm³/mol. The fraction of sp³-hybridized carbons (Fsp3) is 0.321. The molecule has 0 bridgehead atoms. The molecule has 4 rings (SSSR count). The van der Waals surface area contributed by atoms with E-state index in [0.717, 1.165) is 21.9 Å². The quantitative estimate of drug-likeness (QED) is 0.267. The predicted octanol–water partition coefficient (Wildman–Crippen LogP) is 6.41. The molecular formula is C28H31N3O2Si. The smallest absolute Gasteiger partial charge is 0.258 e. The number of nitrogens with one attached hydrogen (secondary N) is 1. The highest BCUT2D eigenvalue weighted by Crippen LogP contribution is 2.41.